The molecule has 7 nitrogen and oxygen atoms in total. The van der Waals surface area contributed by atoms with Gasteiger partial charge in [0.1, 0.15) is 17.9 Å². The Labute approximate surface area is 180 Å². The van der Waals surface area contributed by atoms with E-state index in [2.05, 4.69) is 15.6 Å². The molecule has 1 fully saturated rings. The van der Waals surface area contributed by atoms with Gasteiger partial charge in [0.05, 0.1) is 5.69 Å². The lowest BCUT2D eigenvalue weighted by atomic mass is 9.92. The molecule has 1 atom stereocenters. The fourth-order valence-electron chi connectivity index (χ4n) is 4.12. The molecular formula is C22H17FN4O3S. The number of anilines is 1. The summed E-state index contributed by atoms with van der Waals surface area (Å²) in [5.74, 6) is -1.28. The molecule has 1 unspecified atom stereocenters. The molecule has 0 bridgehead atoms. The van der Waals surface area contributed by atoms with Crippen molar-refractivity contribution in [2.45, 2.75) is 18.4 Å². The first kappa shape index (κ1) is 19.4. The van der Waals surface area contributed by atoms with E-state index in [1.807, 2.05) is 24.3 Å². The molecule has 1 aromatic heterocycles. The third-order valence-electron chi connectivity index (χ3n) is 5.61. The summed E-state index contributed by atoms with van der Waals surface area (Å²) in [5, 5.41) is 7.50. The van der Waals surface area contributed by atoms with Gasteiger partial charge in [-0.15, -0.1) is 11.3 Å². The van der Waals surface area contributed by atoms with E-state index < -0.39 is 29.9 Å². The second kappa shape index (κ2) is 7.28. The Morgan fingerprint density at radius 2 is 1.97 bits per heavy atom. The zero-order valence-electron chi connectivity index (χ0n) is 16.2. The summed E-state index contributed by atoms with van der Waals surface area (Å²) in [6, 6.07) is 12.8. The first-order valence-electron chi connectivity index (χ1n) is 9.70. The molecule has 0 radical (unpaired) electrons. The molecule has 9 heteroatoms. The number of aromatic nitrogens is 1. The van der Waals surface area contributed by atoms with Gasteiger partial charge in [0.2, 0.25) is 5.91 Å². The standard InChI is InChI=1S/C22H17FN4O3S/c23-15-7-5-14(6-8-15)17-12-31-20(24-17)25-18(28)11-27-19(29)22(26-21(27)30)10-9-13-3-1-2-4-16(13)22/h1-8,12H,9-11H2,(H,26,30)(H,24,25,28). The van der Waals surface area contributed by atoms with Gasteiger partial charge >= 0.3 is 6.03 Å². The second-order valence-corrected chi connectivity index (χ2v) is 8.33. The predicted molar refractivity (Wildman–Crippen MR) is 113 cm³/mol. The van der Waals surface area contributed by atoms with Crippen molar-refractivity contribution < 1.29 is 18.8 Å². The number of fused-ring (bicyclic) bond motifs is 2. The monoisotopic (exact) mass is 436 g/mol. The average Bonchev–Trinajstić information content (AvgIpc) is 3.43. The second-order valence-electron chi connectivity index (χ2n) is 7.48. The number of benzene rings is 2. The predicted octanol–water partition coefficient (Wildman–Crippen LogP) is 3.28. The number of amides is 4. The number of rotatable bonds is 4. The Morgan fingerprint density at radius 3 is 2.77 bits per heavy atom. The van der Waals surface area contributed by atoms with E-state index >= 15 is 0 Å². The lowest BCUT2D eigenvalue weighted by molar-refractivity contribution is -0.134. The van der Waals surface area contributed by atoms with E-state index in [9.17, 15) is 18.8 Å². The van der Waals surface area contributed by atoms with Crippen LogP contribution < -0.4 is 10.6 Å². The number of aryl methyl sites for hydroxylation is 1. The molecule has 1 spiro atoms. The summed E-state index contributed by atoms with van der Waals surface area (Å²) in [6.07, 6.45) is 1.16. The summed E-state index contributed by atoms with van der Waals surface area (Å²) >= 11 is 1.21. The van der Waals surface area contributed by atoms with Crippen molar-refractivity contribution in [1.29, 1.82) is 0 Å². The smallest absolute Gasteiger partial charge is 0.319 e. The zero-order valence-corrected chi connectivity index (χ0v) is 17.0. The van der Waals surface area contributed by atoms with Crippen molar-refractivity contribution in [3.8, 4) is 11.3 Å². The van der Waals surface area contributed by atoms with Crippen molar-refractivity contribution in [2.24, 2.45) is 0 Å². The Morgan fingerprint density at radius 1 is 1.19 bits per heavy atom. The van der Waals surface area contributed by atoms with Crippen LogP contribution in [-0.4, -0.2) is 34.3 Å². The lowest BCUT2D eigenvalue weighted by Crippen LogP contribution is -2.42. The number of halogens is 1. The van der Waals surface area contributed by atoms with Gasteiger partial charge in [0, 0.05) is 10.9 Å². The van der Waals surface area contributed by atoms with E-state index in [4.69, 9.17) is 0 Å². The van der Waals surface area contributed by atoms with Gasteiger partial charge in [-0.05, 0) is 48.2 Å². The molecular weight excluding hydrogens is 419 g/mol. The molecule has 31 heavy (non-hydrogen) atoms. The zero-order chi connectivity index (χ0) is 21.6. The van der Waals surface area contributed by atoms with Crippen LogP contribution in [0.5, 0.6) is 0 Å². The number of imide groups is 1. The van der Waals surface area contributed by atoms with E-state index in [1.54, 1.807) is 17.5 Å². The van der Waals surface area contributed by atoms with Crippen molar-refractivity contribution in [2.75, 3.05) is 11.9 Å². The molecule has 0 saturated carbocycles. The van der Waals surface area contributed by atoms with Gasteiger partial charge in [0.15, 0.2) is 5.13 Å². The van der Waals surface area contributed by atoms with Gasteiger partial charge in [-0.25, -0.2) is 14.2 Å². The quantitative estimate of drug-likeness (QED) is 0.614. The van der Waals surface area contributed by atoms with Crippen LogP contribution in [-0.2, 0) is 21.5 Å². The molecule has 3 aromatic rings. The molecule has 1 aliphatic heterocycles. The van der Waals surface area contributed by atoms with Crippen LogP contribution in [0.25, 0.3) is 11.3 Å². The summed E-state index contributed by atoms with van der Waals surface area (Å²) < 4.78 is 13.1. The van der Waals surface area contributed by atoms with Gasteiger partial charge in [-0.2, -0.15) is 0 Å². The molecule has 1 aliphatic carbocycles. The van der Waals surface area contributed by atoms with Crippen LogP contribution >= 0.6 is 11.3 Å². The third-order valence-corrected chi connectivity index (χ3v) is 6.37. The number of hydrogen-bond acceptors (Lipinski definition) is 5. The maximum absolute atomic E-state index is 13.1. The maximum atomic E-state index is 13.1. The minimum atomic E-state index is -1.09. The molecule has 156 valence electrons. The van der Waals surface area contributed by atoms with E-state index in [0.717, 1.165) is 16.0 Å². The number of nitrogens with zero attached hydrogens (tertiary/aromatic N) is 2. The highest BCUT2D eigenvalue weighted by molar-refractivity contribution is 7.14. The third kappa shape index (κ3) is 3.27. The summed E-state index contributed by atoms with van der Waals surface area (Å²) in [7, 11) is 0. The highest BCUT2D eigenvalue weighted by atomic mass is 32.1. The fourth-order valence-corrected chi connectivity index (χ4v) is 4.86. The van der Waals surface area contributed by atoms with Crippen LogP contribution in [0.2, 0.25) is 0 Å². The minimum Gasteiger partial charge on any atom is -0.319 e. The molecule has 4 amide bonds. The Hall–Kier alpha value is -3.59. The maximum Gasteiger partial charge on any atom is 0.325 e. The Kier molecular flexibility index (Phi) is 4.55. The van der Waals surface area contributed by atoms with E-state index in [-0.39, 0.29) is 5.82 Å². The minimum absolute atomic E-state index is 0.331. The van der Waals surface area contributed by atoms with Crippen LogP contribution in [0.15, 0.2) is 53.9 Å². The highest BCUT2D eigenvalue weighted by Crippen LogP contribution is 2.41. The largest absolute Gasteiger partial charge is 0.325 e. The molecule has 2 heterocycles. The molecule has 2 aliphatic rings. The molecule has 2 N–H and O–H groups in total. The fraction of sp³-hybridized carbons (Fsp3) is 0.182. The normalized spacial score (nSPS) is 19.6. The number of urea groups is 1. The van der Waals surface area contributed by atoms with Crippen LogP contribution in [0.4, 0.5) is 14.3 Å². The SMILES string of the molecule is O=C(CN1C(=O)NC2(CCc3ccccc32)C1=O)Nc1nc(-c2ccc(F)cc2)cs1. The highest BCUT2D eigenvalue weighted by Gasteiger charge is 2.55. The molecule has 5 rings (SSSR count). The number of thiazole rings is 1. The van der Waals surface area contributed by atoms with Gasteiger partial charge < -0.3 is 10.6 Å². The number of nitrogens with one attached hydrogen (secondary N) is 2. The number of carbonyl (C=O) groups excluding carboxylic acids is 3. The van der Waals surface area contributed by atoms with Gasteiger partial charge in [-0.3, -0.25) is 14.5 Å². The van der Waals surface area contributed by atoms with Crippen molar-refractivity contribution in [3.63, 3.8) is 0 Å². The first-order valence-corrected chi connectivity index (χ1v) is 10.6. The molecule has 1 saturated heterocycles. The average molecular weight is 436 g/mol. The molecule has 2 aromatic carbocycles. The summed E-state index contributed by atoms with van der Waals surface area (Å²) in [6.45, 7) is -0.403. The number of hydrogen-bond donors (Lipinski definition) is 2. The summed E-state index contributed by atoms with van der Waals surface area (Å²) in [5.41, 5.74) is 2.04. The van der Waals surface area contributed by atoms with Gasteiger partial charge in [0.25, 0.3) is 5.91 Å². The van der Waals surface area contributed by atoms with Crippen molar-refractivity contribution >= 4 is 34.3 Å². The van der Waals surface area contributed by atoms with E-state index in [0.29, 0.717) is 29.2 Å². The Bertz CT molecular complexity index is 1210. The van der Waals surface area contributed by atoms with Crippen LogP contribution in [0, 0.1) is 5.82 Å². The van der Waals surface area contributed by atoms with Crippen molar-refractivity contribution in [3.05, 3.63) is 70.9 Å². The van der Waals surface area contributed by atoms with Crippen LogP contribution in [0.3, 0.4) is 0 Å². The Balaban J connectivity index is 1.29. The first-order chi connectivity index (χ1) is 15.0. The van der Waals surface area contributed by atoms with Crippen molar-refractivity contribution in [1.82, 2.24) is 15.2 Å². The topological polar surface area (TPSA) is 91.4 Å². The van der Waals surface area contributed by atoms with Crippen LogP contribution in [0.1, 0.15) is 17.5 Å². The van der Waals surface area contributed by atoms with Gasteiger partial charge in [-0.1, -0.05) is 24.3 Å². The lowest BCUT2D eigenvalue weighted by Gasteiger charge is -2.22. The number of carbonyl (C=O) groups is 3. The van der Waals surface area contributed by atoms with E-state index in [1.165, 1.54) is 23.5 Å². The summed E-state index contributed by atoms with van der Waals surface area (Å²) in [4.78, 5) is 43.5.